The molecule has 21 heavy (non-hydrogen) atoms. The van der Waals surface area contributed by atoms with Crippen LogP contribution in [0.5, 0.6) is 0 Å². The Hall–Kier alpha value is -0.900. The van der Waals surface area contributed by atoms with Crippen LogP contribution in [0.25, 0.3) is 0 Å². The Labute approximate surface area is 136 Å². The fraction of sp³-hybridized carbons (Fsp3) is 0.471. The molecule has 0 saturated heterocycles. The van der Waals surface area contributed by atoms with Crippen LogP contribution < -0.4 is 0 Å². The second-order valence-corrected chi connectivity index (χ2v) is 6.39. The zero-order valence-electron chi connectivity index (χ0n) is 12.6. The van der Waals surface area contributed by atoms with Crippen LogP contribution in [0.3, 0.4) is 0 Å². The minimum Gasteiger partial charge on any atom is -0.299 e. The number of aryl methyl sites for hydroxylation is 1. The molecule has 1 aromatic carbocycles. The molecule has 0 atom stereocenters. The molecular formula is C17H23ClN2S. The van der Waals surface area contributed by atoms with Gasteiger partial charge in [0.05, 0.1) is 16.6 Å². The number of unbranched alkanes of at least 4 members (excludes halogenated alkanes) is 1. The second kappa shape index (κ2) is 9.19. The highest BCUT2D eigenvalue weighted by molar-refractivity contribution is 7.09. The number of aromatic nitrogens is 1. The van der Waals surface area contributed by atoms with Crippen molar-refractivity contribution in [1.82, 2.24) is 9.88 Å². The monoisotopic (exact) mass is 322 g/mol. The van der Waals surface area contributed by atoms with E-state index in [0.29, 0.717) is 5.88 Å². The summed E-state index contributed by atoms with van der Waals surface area (Å²) in [5.41, 5.74) is 2.40. The maximum absolute atomic E-state index is 5.78. The van der Waals surface area contributed by atoms with Gasteiger partial charge >= 0.3 is 0 Å². The lowest BCUT2D eigenvalue weighted by molar-refractivity contribution is 0.274. The van der Waals surface area contributed by atoms with Crippen LogP contribution in [0.15, 0.2) is 35.7 Å². The van der Waals surface area contributed by atoms with Crippen LogP contribution in [0.1, 0.15) is 36.0 Å². The molecule has 0 aliphatic heterocycles. The SMILES string of the molecule is CCN(CCCCc1nc(CCl)cs1)Cc1ccccc1. The Balaban J connectivity index is 1.68. The minimum atomic E-state index is 0.525. The second-order valence-electron chi connectivity index (χ2n) is 5.18. The number of nitrogens with zero attached hydrogens (tertiary/aromatic N) is 2. The standard InChI is InChI=1S/C17H23ClN2S/c1-2-20(13-15-8-4-3-5-9-15)11-7-6-10-17-19-16(12-18)14-21-17/h3-5,8-9,14H,2,6-7,10-13H2,1H3. The number of rotatable bonds is 9. The highest BCUT2D eigenvalue weighted by Gasteiger charge is 2.05. The van der Waals surface area contributed by atoms with Gasteiger partial charge in [-0.05, 0) is 37.9 Å². The van der Waals surface area contributed by atoms with Crippen molar-refractivity contribution in [3.8, 4) is 0 Å². The van der Waals surface area contributed by atoms with Crippen molar-refractivity contribution in [3.05, 3.63) is 52.0 Å². The molecule has 0 fully saturated rings. The molecule has 4 heteroatoms. The topological polar surface area (TPSA) is 16.1 Å². The van der Waals surface area contributed by atoms with Gasteiger partial charge in [0.15, 0.2) is 0 Å². The molecule has 0 bridgehead atoms. The Kier molecular flexibility index (Phi) is 7.20. The van der Waals surface area contributed by atoms with Crippen LogP contribution in [-0.4, -0.2) is 23.0 Å². The van der Waals surface area contributed by atoms with Crippen molar-refractivity contribution in [1.29, 1.82) is 0 Å². The predicted octanol–water partition coefficient (Wildman–Crippen LogP) is 4.73. The van der Waals surface area contributed by atoms with Gasteiger partial charge in [-0.1, -0.05) is 37.3 Å². The van der Waals surface area contributed by atoms with Crippen molar-refractivity contribution in [2.24, 2.45) is 0 Å². The van der Waals surface area contributed by atoms with E-state index in [1.54, 1.807) is 11.3 Å². The van der Waals surface area contributed by atoms with Gasteiger partial charge in [-0.15, -0.1) is 22.9 Å². The third-order valence-electron chi connectivity index (χ3n) is 3.55. The van der Waals surface area contributed by atoms with Crippen molar-refractivity contribution in [2.75, 3.05) is 13.1 Å². The van der Waals surface area contributed by atoms with E-state index >= 15 is 0 Å². The minimum absolute atomic E-state index is 0.525. The molecule has 1 aromatic heterocycles. The van der Waals surface area contributed by atoms with E-state index in [1.807, 2.05) is 0 Å². The van der Waals surface area contributed by atoms with Gasteiger partial charge in [-0.2, -0.15) is 0 Å². The van der Waals surface area contributed by atoms with Gasteiger partial charge in [0.2, 0.25) is 0 Å². The van der Waals surface area contributed by atoms with Crippen LogP contribution in [0.4, 0.5) is 0 Å². The van der Waals surface area contributed by atoms with Gasteiger partial charge in [0.25, 0.3) is 0 Å². The summed E-state index contributed by atoms with van der Waals surface area (Å²) in [6.45, 7) is 5.53. The lowest BCUT2D eigenvalue weighted by Crippen LogP contribution is -2.24. The van der Waals surface area contributed by atoms with Gasteiger partial charge in [0.1, 0.15) is 0 Å². The molecule has 0 amide bonds. The highest BCUT2D eigenvalue weighted by atomic mass is 35.5. The van der Waals surface area contributed by atoms with Gasteiger partial charge in [-0.3, -0.25) is 4.90 Å². The fourth-order valence-electron chi connectivity index (χ4n) is 2.33. The van der Waals surface area contributed by atoms with E-state index in [1.165, 1.54) is 23.4 Å². The van der Waals surface area contributed by atoms with Crippen molar-refractivity contribution >= 4 is 22.9 Å². The molecular weight excluding hydrogens is 300 g/mol. The molecule has 0 aliphatic rings. The largest absolute Gasteiger partial charge is 0.299 e. The predicted molar refractivity (Wildman–Crippen MR) is 92.0 cm³/mol. The average molecular weight is 323 g/mol. The van der Waals surface area contributed by atoms with Gasteiger partial charge in [0, 0.05) is 11.9 Å². The summed E-state index contributed by atoms with van der Waals surface area (Å²) in [6, 6.07) is 10.7. The summed E-state index contributed by atoms with van der Waals surface area (Å²) in [4.78, 5) is 7.01. The van der Waals surface area contributed by atoms with E-state index in [0.717, 1.165) is 31.7 Å². The Morgan fingerprint density at radius 3 is 2.67 bits per heavy atom. The molecule has 1 heterocycles. The average Bonchev–Trinajstić information content (AvgIpc) is 2.99. The summed E-state index contributed by atoms with van der Waals surface area (Å²) in [6.07, 6.45) is 3.49. The zero-order valence-corrected chi connectivity index (χ0v) is 14.2. The lowest BCUT2D eigenvalue weighted by Gasteiger charge is -2.20. The van der Waals surface area contributed by atoms with Crippen molar-refractivity contribution in [2.45, 2.75) is 38.6 Å². The maximum atomic E-state index is 5.78. The van der Waals surface area contributed by atoms with E-state index in [4.69, 9.17) is 11.6 Å². The Morgan fingerprint density at radius 1 is 1.19 bits per heavy atom. The molecule has 2 aromatic rings. The number of halogens is 1. The smallest absolute Gasteiger partial charge is 0.0928 e. The van der Waals surface area contributed by atoms with Crippen LogP contribution in [0, 0.1) is 0 Å². The third kappa shape index (κ3) is 5.77. The molecule has 0 unspecified atom stereocenters. The normalized spacial score (nSPS) is 11.2. The number of benzene rings is 1. The number of thiazole rings is 1. The molecule has 2 nitrogen and oxygen atoms in total. The third-order valence-corrected chi connectivity index (χ3v) is 4.78. The first kappa shape index (κ1) is 16.5. The number of hydrogen-bond donors (Lipinski definition) is 0. The van der Waals surface area contributed by atoms with Crippen LogP contribution in [0.2, 0.25) is 0 Å². The summed E-state index contributed by atoms with van der Waals surface area (Å²) in [5, 5.41) is 3.28. The molecule has 2 rings (SSSR count). The summed E-state index contributed by atoms with van der Waals surface area (Å²) >= 11 is 7.51. The van der Waals surface area contributed by atoms with Crippen molar-refractivity contribution < 1.29 is 0 Å². The van der Waals surface area contributed by atoms with Gasteiger partial charge in [-0.25, -0.2) is 4.98 Å². The van der Waals surface area contributed by atoms with E-state index in [-0.39, 0.29) is 0 Å². The first-order valence-electron chi connectivity index (χ1n) is 7.57. The summed E-state index contributed by atoms with van der Waals surface area (Å²) in [7, 11) is 0. The lowest BCUT2D eigenvalue weighted by atomic mass is 10.2. The molecule has 0 N–H and O–H groups in total. The maximum Gasteiger partial charge on any atom is 0.0928 e. The van der Waals surface area contributed by atoms with E-state index < -0.39 is 0 Å². The van der Waals surface area contributed by atoms with Gasteiger partial charge < -0.3 is 0 Å². The zero-order chi connectivity index (χ0) is 14.9. The Bertz CT molecular complexity index is 513. The Morgan fingerprint density at radius 2 is 2.00 bits per heavy atom. The molecule has 0 radical (unpaired) electrons. The van der Waals surface area contributed by atoms with Crippen LogP contribution >= 0.6 is 22.9 Å². The quantitative estimate of drug-likeness (QED) is 0.490. The van der Waals surface area contributed by atoms with E-state index in [9.17, 15) is 0 Å². The number of alkyl halides is 1. The van der Waals surface area contributed by atoms with Crippen molar-refractivity contribution in [3.63, 3.8) is 0 Å². The fourth-order valence-corrected chi connectivity index (χ4v) is 3.40. The number of hydrogen-bond acceptors (Lipinski definition) is 3. The molecule has 0 aliphatic carbocycles. The molecule has 114 valence electrons. The highest BCUT2D eigenvalue weighted by Crippen LogP contribution is 2.14. The summed E-state index contributed by atoms with van der Waals surface area (Å²) < 4.78 is 0. The first-order valence-corrected chi connectivity index (χ1v) is 8.98. The molecule has 0 saturated carbocycles. The summed E-state index contributed by atoms with van der Waals surface area (Å²) in [5.74, 6) is 0.525. The van der Waals surface area contributed by atoms with Crippen LogP contribution in [-0.2, 0) is 18.8 Å². The van der Waals surface area contributed by atoms with E-state index in [2.05, 4.69) is 52.5 Å². The first-order chi connectivity index (χ1) is 10.3. The molecule has 0 spiro atoms.